The third-order valence-corrected chi connectivity index (χ3v) is 4.63. The predicted molar refractivity (Wildman–Crippen MR) is 90.4 cm³/mol. The first-order valence-electron chi connectivity index (χ1n) is 7.85. The van der Waals surface area contributed by atoms with Crippen LogP contribution in [0, 0.1) is 0 Å². The van der Waals surface area contributed by atoms with Gasteiger partial charge < -0.3 is 9.47 Å². The van der Waals surface area contributed by atoms with E-state index in [-0.39, 0.29) is 11.8 Å². The second-order valence-electron chi connectivity index (χ2n) is 5.91. The van der Waals surface area contributed by atoms with Crippen molar-refractivity contribution >= 4 is 22.6 Å². The van der Waals surface area contributed by atoms with Crippen molar-refractivity contribution in [3.63, 3.8) is 0 Å². The smallest absolute Gasteiger partial charge is 0.234 e. The first-order valence-corrected chi connectivity index (χ1v) is 7.85. The minimum atomic E-state index is -0.0949. The Balaban J connectivity index is 1.95. The zero-order valence-corrected chi connectivity index (χ0v) is 13.4. The minimum absolute atomic E-state index is 0.0949. The van der Waals surface area contributed by atoms with Crippen molar-refractivity contribution in [1.82, 2.24) is 14.5 Å². The number of likely N-dealkylation sites (N-methyl/N-ethyl adjacent to an activating group) is 1. The molecule has 3 aromatic rings. The monoisotopic (exact) mass is 306 g/mol. The predicted octanol–water partition coefficient (Wildman–Crippen LogP) is 3.11. The van der Waals surface area contributed by atoms with E-state index in [0.717, 1.165) is 33.8 Å². The number of benzene rings is 1. The summed E-state index contributed by atoms with van der Waals surface area (Å²) >= 11 is 0. The van der Waals surface area contributed by atoms with E-state index in [1.165, 1.54) is 0 Å². The molecule has 1 atom stereocenters. The number of imidazole rings is 1. The summed E-state index contributed by atoms with van der Waals surface area (Å²) in [7, 11) is 1.99. The Morgan fingerprint density at radius 1 is 1.26 bits per heavy atom. The van der Waals surface area contributed by atoms with E-state index in [1.807, 2.05) is 54.6 Å². The molecule has 1 aliphatic heterocycles. The van der Waals surface area contributed by atoms with Gasteiger partial charge in [0.25, 0.3) is 0 Å². The number of carbonyl (C=O) groups excluding carboxylic acids is 1. The van der Waals surface area contributed by atoms with E-state index < -0.39 is 0 Å². The number of aryl methyl sites for hydroxylation is 1. The van der Waals surface area contributed by atoms with Gasteiger partial charge >= 0.3 is 0 Å². The van der Waals surface area contributed by atoms with E-state index >= 15 is 0 Å². The summed E-state index contributed by atoms with van der Waals surface area (Å²) in [5.41, 5.74) is 4.85. The molecule has 0 saturated heterocycles. The fourth-order valence-electron chi connectivity index (χ4n) is 3.36. The van der Waals surface area contributed by atoms with Crippen molar-refractivity contribution in [3.8, 4) is 11.5 Å². The average molecular weight is 306 g/mol. The zero-order chi connectivity index (χ0) is 16.1. The number of carbonyl (C=O) groups is 1. The lowest BCUT2D eigenvalue weighted by Crippen LogP contribution is -2.27. The number of anilines is 1. The van der Waals surface area contributed by atoms with Crippen LogP contribution in [-0.2, 0) is 11.8 Å². The standard InChI is InChI=1S/C18H18N4O/c1-4-22-15-10-14-16(9-12(15)11(2)18(22)23)21(3)17(20-14)13-7-5-6-8-19-13/h5-11H,4H2,1-3H3. The van der Waals surface area contributed by atoms with E-state index in [1.54, 1.807) is 6.20 Å². The van der Waals surface area contributed by atoms with Gasteiger partial charge in [-0.2, -0.15) is 0 Å². The maximum absolute atomic E-state index is 12.4. The number of amides is 1. The number of aromatic nitrogens is 3. The van der Waals surface area contributed by atoms with Gasteiger partial charge in [0.15, 0.2) is 5.82 Å². The molecule has 1 amide bonds. The molecule has 0 bridgehead atoms. The maximum atomic E-state index is 12.4. The Bertz CT molecular complexity index is 914. The first-order chi connectivity index (χ1) is 11.1. The summed E-state index contributed by atoms with van der Waals surface area (Å²) in [4.78, 5) is 23.3. The highest BCUT2D eigenvalue weighted by Crippen LogP contribution is 2.40. The van der Waals surface area contributed by atoms with E-state index in [2.05, 4.69) is 11.1 Å². The second-order valence-corrected chi connectivity index (χ2v) is 5.91. The molecule has 4 rings (SSSR count). The van der Waals surface area contributed by atoms with Gasteiger partial charge in [-0.3, -0.25) is 9.78 Å². The van der Waals surface area contributed by atoms with E-state index in [4.69, 9.17) is 4.98 Å². The van der Waals surface area contributed by atoms with Crippen molar-refractivity contribution in [2.45, 2.75) is 19.8 Å². The van der Waals surface area contributed by atoms with Crippen LogP contribution < -0.4 is 4.90 Å². The molecule has 0 saturated carbocycles. The summed E-state index contributed by atoms with van der Waals surface area (Å²) in [6.07, 6.45) is 1.77. The molecule has 116 valence electrons. The van der Waals surface area contributed by atoms with Crippen LogP contribution in [0.2, 0.25) is 0 Å². The van der Waals surface area contributed by atoms with Gasteiger partial charge in [0.2, 0.25) is 5.91 Å². The van der Waals surface area contributed by atoms with Crippen LogP contribution in [0.1, 0.15) is 25.3 Å². The molecule has 23 heavy (non-hydrogen) atoms. The van der Waals surface area contributed by atoms with Gasteiger partial charge in [-0.05, 0) is 43.7 Å². The Morgan fingerprint density at radius 3 is 2.78 bits per heavy atom. The Morgan fingerprint density at radius 2 is 2.09 bits per heavy atom. The lowest BCUT2D eigenvalue weighted by atomic mass is 10.0. The lowest BCUT2D eigenvalue weighted by molar-refractivity contribution is -0.118. The van der Waals surface area contributed by atoms with Gasteiger partial charge in [-0.25, -0.2) is 4.98 Å². The van der Waals surface area contributed by atoms with Gasteiger partial charge in [-0.1, -0.05) is 6.07 Å². The van der Waals surface area contributed by atoms with Gasteiger partial charge in [0.1, 0.15) is 5.69 Å². The van der Waals surface area contributed by atoms with Crippen molar-refractivity contribution in [1.29, 1.82) is 0 Å². The van der Waals surface area contributed by atoms with Gasteiger partial charge in [-0.15, -0.1) is 0 Å². The molecule has 1 aromatic carbocycles. The summed E-state index contributed by atoms with van der Waals surface area (Å²) in [6, 6.07) is 9.94. The normalized spacial score (nSPS) is 17.1. The molecule has 0 spiro atoms. The molecule has 5 nitrogen and oxygen atoms in total. The fraction of sp³-hybridized carbons (Fsp3) is 0.278. The van der Waals surface area contributed by atoms with Crippen LogP contribution in [0.15, 0.2) is 36.5 Å². The van der Waals surface area contributed by atoms with Crippen molar-refractivity contribution < 1.29 is 4.79 Å². The summed E-state index contributed by atoms with van der Waals surface area (Å²) in [6.45, 7) is 4.65. The number of rotatable bonds is 2. The van der Waals surface area contributed by atoms with Crippen LogP contribution in [0.25, 0.3) is 22.6 Å². The van der Waals surface area contributed by atoms with Crippen LogP contribution in [0.4, 0.5) is 5.69 Å². The molecule has 0 fully saturated rings. The molecule has 0 N–H and O–H groups in total. The lowest BCUT2D eigenvalue weighted by Gasteiger charge is -2.14. The zero-order valence-electron chi connectivity index (χ0n) is 13.4. The molecular formula is C18H18N4O. The van der Waals surface area contributed by atoms with Crippen LogP contribution in [-0.4, -0.2) is 27.0 Å². The third-order valence-electron chi connectivity index (χ3n) is 4.63. The second kappa shape index (κ2) is 4.91. The summed E-state index contributed by atoms with van der Waals surface area (Å²) in [5, 5.41) is 0. The molecule has 3 heterocycles. The Kier molecular flexibility index (Phi) is 2.98. The molecule has 0 radical (unpaired) electrons. The highest BCUT2D eigenvalue weighted by Gasteiger charge is 2.34. The number of hydrogen-bond donors (Lipinski definition) is 0. The van der Waals surface area contributed by atoms with Crippen LogP contribution >= 0.6 is 0 Å². The van der Waals surface area contributed by atoms with Gasteiger partial charge in [0.05, 0.1) is 17.0 Å². The average Bonchev–Trinajstić information content (AvgIpc) is 3.02. The topological polar surface area (TPSA) is 51.0 Å². The van der Waals surface area contributed by atoms with E-state index in [9.17, 15) is 4.79 Å². The molecule has 2 aromatic heterocycles. The summed E-state index contributed by atoms with van der Waals surface area (Å²) < 4.78 is 2.05. The van der Waals surface area contributed by atoms with Crippen molar-refractivity contribution in [3.05, 3.63) is 42.1 Å². The quantitative estimate of drug-likeness (QED) is 0.731. The van der Waals surface area contributed by atoms with Crippen molar-refractivity contribution in [2.75, 3.05) is 11.4 Å². The highest BCUT2D eigenvalue weighted by atomic mass is 16.2. The van der Waals surface area contributed by atoms with E-state index in [0.29, 0.717) is 6.54 Å². The molecular weight excluding hydrogens is 288 g/mol. The maximum Gasteiger partial charge on any atom is 0.234 e. The highest BCUT2D eigenvalue weighted by molar-refractivity contribution is 6.07. The SMILES string of the molecule is CCN1C(=O)C(C)c2cc3c(cc21)nc(-c1ccccn1)n3C. The number of pyridine rings is 1. The van der Waals surface area contributed by atoms with Gasteiger partial charge in [0, 0.05) is 25.5 Å². The number of fused-ring (bicyclic) bond motifs is 2. The molecule has 5 heteroatoms. The van der Waals surface area contributed by atoms with Crippen LogP contribution in [0.5, 0.6) is 0 Å². The Hall–Kier alpha value is -2.69. The Labute approximate surface area is 134 Å². The molecule has 0 aliphatic carbocycles. The van der Waals surface area contributed by atoms with Crippen LogP contribution in [0.3, 0.4) is 0 Å². The molecule has 1 aliphatic rings. The first kappa shape index (κ1) is 13.9. The van der Waals surface area contributed by atoms with Crippen molar-refractivity contribution in [2.24, 2.45) is 7.05 Å². The third kappa shape index (κ3) is 1.89. The fourth-order valence-corrected chi connectivity index (χ4v) is 3.36. The summed E-state index contributed by atoms with van der Waals surface area (Å²) in [5.74, 6) is 0.914. The minimum Gasteiger partial charge on any atom is -0.326 e. The molecule has 1 unspecified atom stereocenters. The number of nitrogens with zero attached hydrogens (tertiary/aromatic N) is 4. The largest absolute Gasteiger partial charge is 0.326 e. The number of hydrogen-bond acceptors (Lipinski definition) is 3.